The molecule has 58 valence electrons. The molecule has 11 heavy (non-hydrogen) atoms. The largest absolute Gasteiger partial charge is 0.366 e. The van der Waals surface area contributed by atoms with Crippen molar-refractivity contribution in [3.8, 4) is 0 Å². The summed E-state index contributed by atoms with van der Waals surface area (Å²) in [5.74, 6) is -0.433. The Morgan fingerprint density at radius 3 is 3.00 bits per heavy atom. The molecule has 2 N–H and O–H groups in total. The van der Waals surface area contributed by atoms with Gasteiger partial charge >= 0.3 is 0 Å². The van der Waals surface area contributed by atoms with E-state index >= 15 is 0 Å². The van der Waals surface area contributed by atoms with Crippen molar-refractivity contribution in [1.29, 1.82) is 0 Å². The van der Waals surface area contributed by atoms with Crippen LogP contribution in [0.1, 0.15) is 10.6 Å². The van der Waals surface area contributed by atoms with Crippen molar-refractivity contribution < 1.29 is 4.79 Å². The molecule has 0 radical (unpaired) electrons. The second-order valence-electron chi connectivity index (χ2n) is 2.04. The average Bonchev–Trinajstić information content (AvgIpc) is 2.31. The van der Waals surface area contributed by atoms with Gasteiger partial charge in [0.2, 0.25) is 5.91 Å². The zero-order valence-corrected chi connectivity index (χ0v) is 6.89. The second-order valence-corrected chi connectivity index (χ2v) is 2.92. The molecule has 0 saturated carbocycles. The molecule has 1 amide bonds. The van der Waals surface area contributed by atoms with Gasteiger partial charge < -0.3 is 5.73 Å². The molecule has 1 aromatic heterocycles. The number of carbonyl (C=O) groups is 1. The van der Waals surface area contributed by atoms with E-state index in [9.17, 15) is 4.79 Å². The molecule has 0 atom stereocenters. The Labute approximate surface area is 68.6 Å². The van der Waals surface area contributed by atoms with E-state index in [0.717, 1.165) is 10.6 Å². The van der Waals surface area contributed by atoms with Crippen molar-refractivity contribution in [3.63, 3.8) is 0 Å². The van der Waals surface area contributed by atoms with Crippen molar-refractivity contribution in [1.82, 2.24) is 4.98 Å². The molecule has 4 heteroatoms. The minimum absolute atomic E-state index is 0.433. The fourth-order valence-corrected chi connectivity index (χ4v) is 1.32. The maximum Gasteiger partial charge on any atom is 0.241 e. The van der Waals surface area contributed by atoms with Gasteiger partial charge in [-0.25, -0.2) is 4.98 Å². The van der Waals surface area contributed by atoms with Crippen LogP contribution in [0.15, 0.2) is 11.6 Å². The topological polar surface area (TPSA) is 56.0 Å². The zero-order valence-electron chi connectivity index (χ0n) is 6.07. The normalized spacial score (nSPS) is 10.6. The fraction of sp³-hybridized carbons (Fsp3) is 0.143. The van der Waals surface area contributed by atoms with Gasteiger partial charge in [-0.05, 0) is 13.0 Å². The standard InChI is InChI=1S/C7H8N2OS/c1-5-6(11-4-9-5)2-3-7(8)10/h2-4H,1H3,(H2,8,10)/b3-2+. The Kier molecular flexibility index (Phi) is 2.38. The van der Waals surface area contributed by atoms with Crippen LogP contribution < -0.4 is 5.73 Å². The number of primary amides is 1. The maximum atomic E-state index is 10.3. The SMILES string of the molecule is Cc1ncsc1/C=C/C(N)=O. The predicted octanol–water partition coefficient (Wildman–Crippen LogP) is 0.950. The van der Waals surface area contributed by atoms with Crippen LogP contribution in [0.4, 0.5) is 0 Å². The van der Waals surface area contributed by atoms with Gasteiger partial charge in [-0.2, -0.15) is 0 Å². The Bertz CT molecular complexity index is 290. The highest BCUT2D eigenvalue weighted by atomic mass is 32.1. The van der Waals surface area contributed by atoms with E-state index in [1.165, 1.54) is 17.4 Å². The van der Waals surface area contributed by atoms with Crippen LogP contribution in [0, 0.1) is 6.92 Å². The first-order valence-corrected chi connectivity index (χ1v) is 3.95. The number of carbonyl (C=O) groups excluding carboxylic acids is 1. The molecule has 0 saturated heterocycles. The number of nitrogens with two attached hydrogens (primary N) is 1. The smallest absolute Gasteiger partial charge is 0.241 e. The van der Waals surface area contributed by atoms with Gasteiger partial charge in [0.05, 0.1) is 11.2 Å². The number of aryl methyl sites for hydroxylation is 1. The van der Waals surface area contributed by atoms with E-state index in [-0.39, 0.29) is 0 Å². The Morgan fingerprint density at radius 1 is 1.82 bits per heavy atom. The third-order valence-electron chi connectivity index (χ3n) is 1.18. The van der Waals surface area contributed by atoms with Crippen molar-refractivity contribution in [2.75, 3.05) is 0 Å². The van der Waals surface area contributed by atoms with Crippen LogP contribution in [0.5, 0.6) is 0 Å². The summed E-state index contributed by atoms with van der Waals surface area (Å²) in [6, 6.07) is 0. The quantitative estimate of drug-likeness (QED) is 0.668. The summed E-state index contributed by atoms with van der Waals surface area (Å²) in [7, 11) is 0. The summed E-state index contributed by atoms with van der Waals surface area (Å²) < 4.78 is 0. The van der Waals surface area contributed by atoms with Crippen LogP contribution in [0.2, 0.25) is 0 Å². The highest BCUT2D eigenvalue weighted by molar-refractivity contribution is 7.10. The molecule has 0 spiro atoms. The van der Waals surface area contributed by atoms with Crippen molar-refractivity contribution in [2.45, 2.75) is 6.92 Å². The van der Waals surface area contributed by atoms with E-state index in [0.29, 0.717) is 0 Å². The van der Waals surface area contributed by atoms with E-state index < -0.39 is 5.91 Å². The fourth-order valence-electron chi connectivity index (χ4n) is 0.629. The van der Waals surface area contributed by atoms with Gasteiger partial charge in [0.25, 0.3) is 0 Å². The first kappa shape index (κ1) is 7.94. The molecule has 0 fully saturated rings. The van der Waals surface area contributed by atoms with Gasteiger partial charge in [-0.3, -0.25) is 4.79 Å². The van der Waals surface area contributed by atoms with Crippen molar-refractivity contribution in [3.05, 3.63) is 22.2 Å². The number of rotatable bonds is 2. The highest BCUT2D eigenvalue weighted by Gasteiger charge is 1.95. The number of amides is 1. The monoisotopic (exact) mass is 168 g/mol. The first-order valence-electron chi connectivity index (χ1n) is 3.08. The van der Waals surface area contributed by atoms with Gasteiger partial charge in [0.15, 0.2) is 0 Å². The lowest BCUT2D eigenvalue weighted by Crippen LogP contribution is -2.04. The lowest BCUT2D eigenvalue weighted by molar-refractivity contribution is -0.113. The van der Waals surface area contributed by atoms with Crippen molar-refractivity contribution in [2.24, 2.45) is 5.73 Å². The van der Waals surface area contributed by atoms with Crippen LogP contribution >= 0.6 is 11.3 Å². The van der Waals surface area contributed by atoms with Crippen LogP contribution in [0.25, 0.3) is 6.08 Å². The summed E-state index contributed by atoms with van der Waals surface area (Å²) in [6.45, 7) is 1.89. The molecular formula is C7H8N2OS. The number of aromatic nitrogens is 1. The first-order chi connectivity index (χ1) is 5.20. The van der Waals surface area contributed by atoms with Crippen LogP contribution in [-0.2, 0) is 4.79 Å². The summed E-state index contributed by atoms with van der Waals surface area (Å²) in [6.07, 6.45) is 3.01. The number of thiazole rings is 1. The van der Waals surface area contributed by atoms with Gasteiger partial charge in [0.1, 0.15) is 0 Å². The van der Waals surface area contributed by atoms with Crippen molar-refractivity contribution >= 4 is 23.3 Å². The maximum absolute atomic E-state index is 10.3. The molecule has 0 bridgehead atoms. The van der Waals surface area contributed by atoms with Crippen LogP contribution in [0.3, 0.4) is 0 Å². The lowest BCUT2D eigenvalue weighted by atomic mass is 10.3. The second kappa shape index (κ2) is 3.30. The molecule has 3 nitrogen and oxygen atoms in total. The van der Waals surface area contributed by atoms with E-state index in [1.807, 2.05) is 6.92 Å². The molecule has 0 unspecified atom stereocenters. The zero-order chi connectivity index (χ0) is 8.27. The molecule has 0 aromatic carbocycles. The number of nitrogens with zero attached hydrogens (tertiary/aromatic N) is 1. The third kappa shape index (κ3) is 2.16. The van der Waals surface area contributed by atoms with E-state index in [4.69, 9.17) is 5.73 Å². The van der Waals surface area contributed by atoms with Crippen LogP contribution in [-0.4, -0.2) is 10.9 Å². The summed E-state index contributed by atoms with van der Waals surface area (Å²) >= 11 is 1.49. The summed E-state index contributed by atoms with van der Waals surface area (Å²) in [4.78, 5) is 15.3. The molecule has 1 heterocycles. The number of hydrogen-bond acceptors (Lipinski definition) is 3. The molecule has 0 aliphatic heterocycles. The molecule has 1 rings (SSSR count). The predicted molar refractivity (Wildman–Crippen MR) is 45.1 cm³/mol. The van der Waals surface area contributed by atoms with E-state index in [1.54, 1.807) is 11.6 Å². The number of hydrogen-bond donors (Lipinski definition) is 1. The average molecular weight is 168 g/mol. The minimum atomic E-state index is -0.433. The van der Waals surface area contributed by atoms with E-state index in [2.05, 4.69) is 4.98 Å². The summed E-state index contributed by atoms with van der Waals surface area (Å²) in [5, 5.41) is 0. The Morgan fingerprint density at radius 2 is 2.55 bits per heavy atom. The Hall–Kier alpha value is -1.16. The molecular weight excluding hydrogens is 160 g/mol. The van der Waals surface area contributed by atoms with Gasteiger partial charge in [-0.15, -0.1) is 11.3 Å². The highest BCUT2D eigenvalue weighted by Crippen LogP contribution is 2.13. The molecule has 1 aromatic rings. The third-order valence-corrected chi connectivity index (χ3v) is 2.08. The minimum Gasteiger partial charge on any atom is -0.366 e. The summed E-state index contributed by atoms with van der Waals surface area (Å²) in [5.41, 5.74) is 7.57. The van der Waals surface area contributed by atoms with Gasteiger partial charge in [0, 0.05) is 11.0 Å². The molecule has 0 aliphatic rings. The lowest BCUT2D eigenvalue weighted by Gasteiger charge is -1.84. The van der Waals surface area contributed by atoms with Gasteiger partial charge in [-0.1, -0.05) is 0 Å². The Balaban J connectivity index is 2.79. The molecule has 0 aliphatic carbocycles.